The number of hydrogen-bond donors (Lipinski definition) is 2. The molecule has 2 unspecified atom stereocenters. The number of hydrogen-bond acceptors (Lipinski definition) is 3. The lowest BCUT2D eigenvalue weighted by Gasteiger charge is -2.30. The normalized spacial score (nSPS) is 21.9. The summed E-state index contributed by atoms with van der Waals surface area (Å²) < 4.78 is 0. The van der Waals surface area contributed by atoms with Gasteiger partial charge >= 0.3 is 0 Å². The highest BCUT2D eigenvalue weighted by molar-refractivity contribution is 5.83. The molecule has 2 N–H and O–H groups in total. The van der Waals surface area contributed by atoms with E-state index in [1.807, 2.05) is 4.90 Å². The first-order valence-corrected chi connectivity index (χ1v) is 8.39. The number of rotatable bonds is 8. The van der Waals surface area contributed by atoms with E-state index in [9.17, 15) is 9.59 Å². The van der Waals surface area contributed by atoms with E-state index in [1.54, 1.807) is 0 Å². The van der Waals surface area contributed by atoms with Gasteiger partial charge in [0.25, 0.3) is 0 Å². The maximum atomic E-state index is 12.1. The van der Waals surface area contributed by atoms with E-state index in [0.717, 1.165) is 45.3 Å². The van der Waals surface area contributed by atoms with Gasteiger partial charge in [0.2, 0.25) is 11.8 Å². The number of nitrogens with zero attached hydrogens (tertiary/aromatic N) is 1. The molecule has 1 aliphatic rings. The highest BCUT2D eigenvalue weighted by Crippen LogP contribution is 2.09. The van der Waals surface area contributed by atoms with Crippen molar-refractivity contribution < 1.29 is 9.59 Å². The molecule has 1 rings (SSSR count). The summed E-state index contributed by atoms with van der Waals surface area (Å²) in [4.78, 5) is 26.0. The predicted molar refractivity (Wildman–Crippen MR) is 85.0 cm³/mol. The number of amides is 2. The standard InChI is InChI=1S/C16H31N3O2/c1-4-11-19(12-5-2)16(21)9-8-15(20)18-14-7-6-10-17-13(14)3/h13-14,17H,4-12H2,1-3H3,(H,18,20). The van der Waals surface area contributed by atoms with Crippen molar-refractivity contribution in [3.8, 4) is 0 Å². The van der Waals surface area contributed by atoms with Crippen LogP contribution >= 0.6 is 0 Å². The van der Waals surface area contributed by atoms with Gasteiger partial charge in [-0.1, -0.05) is 13.8 Å². The van der Waals surface area contributed by atoms with Crippen LogP contribution in [0.2, 0.25) is 0 Å². The smallest absolute Gasteiger partial charge is 0.223 e. The highest BCUT2D eigenvalue weighted by atomic mass is 16.2. The van der Waals surface area contributed by atoms with Gasteiger partial charge in [-0.05, 0) is 39.2 Å². The van der Waals surface area contributed by atoms with Crippen LogP contribution in [0.25, 0.3) is 0 Å². The first-order valence-electron chi connectivity index (χ1n) is 8.39. The summed E-state index contributed by atoms with van der Waals surface area (Å²) in [5, 5.41) is 6.42. The molecule has 0 saturated carbocycles. The van der Waals surface area contributed by atoms with Crippen molar-refractivity contribution in [1.29, 1.82) is 0 Å². The molecule has 5 heteroatoms. The number of piperidine rings is 1. The summed E-state index contributed by atoms with van der Waals surface area (Å²) in [6.45, 7) is 8.84. The van der Waals surface area contributed by atoms with Crippen LogP contribution in [0.5, 0.6) is 0 Å². The van der Waals surface area contributed by atoms with E-state index in [1.165, 1.54) is 0 Å². The van der Waals surface area contributed by atoms with Crippen molar-refractivity contribution in [2.45, 2.75) is 71.4 Å². The molecule has 1 aliphatic heterocycles. The van der Waals surface area contributed by atoms with Crippen LogP contribution in [-0.2, 0) is 9.59 Å². The van der Waals surface area contributed by atoms with Crippen LogP contribution in [0.4, 0.5) is 0 Å². The van der Waals surface area contributed by atoms with Crippen molar-refractivity contribution in [2.24, 2.45) is 0 Å². The second-order valence-electron chi connectivity index (χ2n) is 5.94. The molecule has 21 heavy (non-hydrogen) atoms. The fourth-order valence-corrected chi connectivity index (χ4v) is 2.80. The first kappa shape index (κ1) is 18.0. The molecule has 1 fully saturated rings. The molecular weight excluding hydrogens is 266 g/mol. The summed E-state index contributed by atoms with van der Waals surface area (Å²) in [6.07, 6.45) is 4.65. The monoisotopic (exact) mass is 297 g/mol. The van der Waals surface area contributed by atoms with E-state index < -0.39 is 0 Å². The molecule has 0 aromatic carbocycles. The Bertz CT molecular complexity index is 327. The van der Waals surface area contributed by atoms with Crippen molar-refractivity contribution in [2.75, 3.05) is 19.6 Å². The van der Waals surface area contributed by atoms with Crippen LogP contribution in [-0.4, -0.2) is 48.4 Å². The fraction of sp³-hybridized carbons (Fsp3) is 0.875. The largest absolute Gasteiger partial charge is 0.352 e. The topological polar surface area (TPSA) is 61.4 Å². The Balaban J connectivity index is 2.32. The van der Waals surface area contributed by atoms with E-state index in [4.69, 9.17) is 0 Å². The van der Waals surface area contributed by atoms with Crippen LogP contribution < -0.4 is 10.6 Å². The van der Waals surface area contributed by atoms with Crippen LogP contribution in [0, 0.1) is 0 Å². The molecule has 0 radical (unpaired) electrons. The SMILES string of the molecule is CCCN(CCC)C(=O)CCC(=O)NC1CCCNC1C. The molecule has 0 spiro atoms. The third-order valence-electron chi connectivity index (χ3n) is 4.01. The Morgan fingerprint density at radius 3 is 2.43 bits per heavy atom. The molecule has 0 aromatic heterocycles. The van der Waals surface area contributed by atoms with Crippen LogP contribution in [0.15, 0.2) is 0 Å². The van der Waals surface area contributed by atoms with Gasteiger partial charge in [-0.25, -0.2) is 0 Å². The minimum atomic E-state index is -0.00292. The molecule has 2 atom stereocenters. The minimum Gasteiger partial charge on any atom is -0.352 e. The van der Waals surface area contributed by atoms with Gasteiger partial charge < -0.3 is 15.5 Å². The van der Waals surface area contributed by atoms with Gasteiger partial charge in [-0.2, -0.15) is 0 Å². The Labute approximate surface area is 128 Å². The Morgan fingerprint density at radius 1 is 1.19 bits per heavy atom. The van der Waals surface area contributed by atoms with E-state index >= 15 is 0 Å². The number of carbonyl (C=O) groups excluding carboxylic acids is 2. The van der Waals surface area contributed by atoms with Crippen molar-refractivity contribution >= 4 is 11.8 Å². The molecule has 1 saturated heterocycles. The van der Waals surface area contributed by atoms with Crippen LogP contribution in [0.1, 0.15) is 59.3 Å². The lowest BCUT2D eigenvalue weighted by Crippen LogP contribution is -2.52. The van der Waals surface area contributed by atoms with Crippen molar-refractivity contribution in [3.05, 3.63) is 0 Å². The Kier molecular flexibility index (Phi) is 8.35. The van der Waals surface area contributed by atoms with E-state index in [0.29, 0.717) is 18.9 Å². The van der Waals surface area contributed by atoms with Crippen molar-refractivity contribution in [3.63, 3.8) is 0 Å². The zero-order valence-corrected chi connectivity index (χ0v) is 13.8. The molecule has 0 aromatic rings. The molecule has 122 valence electrons. The summed E-state index contributed by atoms with van der Waals surface area (Å²) >= 11 is 0. The molecule has 0 bridgehead atoms. The fourth-order valence-electron chi connectivity index (χ4n) is 2.80. The first-order chi connectivity index (χ1) is 10.1. The predicted octanol–water partition coefficient (Wildman–Crippen LogP) is 1.67. The zero-order valence-electron chi connectivity index (χ0n) is 13.8. The number of carbonyl (C=O) groups is 2. The second kappa shape index (κ2) is 9.77. The van der Waals surface area contributed by atoms with E-state index in [2.05, 4.69) is 31.4 Å². The van der Waals surface area contributed by atoms with Gasteiger partial charge in [0.15, 0.2) is 0 Å². The van der Waals surface area contributed by atoms with Gasteiger partial charge in [-0.15, -0.1) is 0 Å². The molecular formula is C16H31N3O2. The minimum absolute atomic E-state index is 0.00292. The summed E-state index contributed by atoms with van der Waals surface area (Å²) in [5.41, 5.74) is 0. The average molecular weight is 297 g/mol. The van der Waals surface area contributed by atoms with Gasteiger partial charge in [0.05, 0.1) is 0 Å². The average Bonchev–Trinajstić information content (AvgIpc) is 2.47. The Morgan fingerprint density at radius 2 is 1.86 bits per heavy atom. The molecule has 1 heterocycles. The Hall–Kier alpha value is -1.10. The number of nitrogens with one attached hydrogen (secondary N) is 2. The van der Waals surface area contributed by atoms with Crippen LogP contribution in [0.3, 0.4) is 0 Å². The molecule has 2 amide bonds. The zero-order chi connectivity index (χ0) is 15.7. The quantitative estimate of drug-likeness (QED) is 0.716. The molecule has 5 nitrogen and oxygen atoms in total. The maximum absolute atomic E-state index is 12.1. The second-order valence-corrected chi connectivity index (χ2v) is 5.94. The van der Waals surface area contributed by atoms with Gasteiger partial charge in [-0.3, -0.25) is 9.59 Å². The lowest BCUT2D eigenvalue weighted by molar-refractivity contribution is -0.133. The third kappa shape index (κ3) is 6.46. The van der Waals surface area contributed by atoms with Crippen molar-refractivity contribution in [1.82, 2.24) is 15.5 Å². The highest BCUT2D eigenvalue weighted by Gasteiger charge is 2.22. The summed E-state index contributed by atoms with van der Waals surface area (Å²) in [7, 11) is 0. The maximum Gasteiger partial charge on any atom is 0.223 e. The lowest BCUT2D eigenvalue weighted by atomic mass is 9.99. The van der Waals surface area contributed by atoms with Gasteiger partial charge in [0.1, 0.15) is 0 Å². The summed E-state index contributed by atoms with van der Waals surface area (Å²) in [5.74, 6) is 0.0977. The molecule has 0 aliphatic carbocycles. The third-order valence-corrected chi connectivity index (χ3v) is 4.01. The van der Waals surface area contributed by atoms with E-state index in [-0.39, 0.29) is 17.9 Å². The summed E-state index contributed by atoms with van der Waals surface area (Å²) in [6, 6.07) is 0.513. The van der Waals surface area contributed by atoms with Gasteiger partial charge in [0, 0.05) is 38.0 Å².